The number of benzene rings is 2. The van der Waals surface area contributed by atoms with Crippen molar-refractivity contribution in [3.63, 3.8) is 0 Å². The van der Waals surface area contributed by atoms with Crippen LogP contribution in [0.4, 0.5) is 5.69 Å². The number of allylic oxidation sites excluding steroid dienone is 1. The van der Waals surface area contributed by atoms with Crippen LogP contribution in [0.25, 0.3) is 0 Å². The number of hydrogen-bond acceptors (Lipinski definition) is 5. The van der Waals surface area contributed by atoms with Gasteiger partial charge >= 0.3 is 0 Å². The van der Waals surface area contributed by atoms with Gasteiger partial charge in [0, 0.05) is 51.2 Å². The van der Waals surface area contributed by atoms with Crippen molar-refractivity contribution in [2.24, 2.45) is 11.8 Å². The van der Waals surface area contributed by atoms with Gasteiger partial charge in [-0.15, -0.1) is 0 Å². The minimum absolute atomic E-state index is 0.0657. The van der Waals surface area contributed by atoms with Crippen LogP contribution in [0.2, 0.25) is 5.02 Å². The van der Waals surface area contributed by atoms with Crippen molar-refractivity contribution >= 4 is 38.8 Å². The van der Waals surface area contributed by atoms with Crippen LogP contribution >= 0.6 is 11.6 Å². The van der Waals surface area contributed by atoms with Crippen molar-refractivity contribution in [3.8, 4) is 5.75 Å². The summed E-state index contributed by atoms with van der Waals surface area (Å²) < 4.78 is 28.7. The summed E-state index contributed by atoms with van der Waals surface area (Å²) >= 11 is 6.42. The van der Waals surface area contributed by atoms with E-state index in [0.717, 1.165) is 68.1 Å². The van der Waals surface area contributed by atoms with E-state index in [4.69, 9.17) is 21.1 Å². The number of nitrogens with one attached hydrogen (secondary N) is 1. The highest BCUT2D eigenvalue weighted by molar-refractivity contribution is 7.99. The Kier molecular flexibility index (Phi) is 8.14. The highest BCUT2D eigenvalue weighted by Crippen LogP contribution is 2.47. The molecule has 4 aliphatic rings. The topological polar surface area (TPSA) is 67.9 Å². The number of hydrogen-bond donors (Lipinski definition) is 1. The smallest absolute Gasteiger partial charge is 0.262 e. The zero-order chi connectivity index (χ0) is 28.6. The van der Waals surface area contributed by atoms with E-state index in [-0.39, 0.29) is 17.4 Å². The van der Waals surface area contributed by atoms with E-state index < -0.39 is 9.71 Å². The number of halogens is 1. The molecule has 2 aromatic rings. The van der Waals surface area contributed by atoms with Crippen LogP contribution in [0.3, 0.4) is 0 Å². The number of carbonyl (C=O) groups excluding carboxylic acids is 1. The van der Waals surface area contributed by atoms with Crippen LogP contribution in [0.15, 0.2) is 48.6 Å². The summed E-state index contributed by atoms with van der Waals surface area (Å²) in [4.78, 5) is 15.8. The van der Waals surface area contributed by atoms with Gasteiger partial charge in [0.15, 0.2) is 0 Å². The van der Waals surface area contributed by atoms with Crippen LogP contribution in [-0.2, 0) is 26.3 Å². The molecule has 6 rings (SSSR count). The molecule has 220 valence electrons. The number of nitrogens with zero attached hydrogens (tertiary/aromatic N) is 1. The fraction of sp³-hybridized carbons (Fsp3) is 0.515. The van der Waals surface area contributed by atoms with Gasteiger partial charge in [-0.2, -0.15) is 0 Å². The zero-order valence-electron chi connectivity index (χ0n) is 23.9. The van der Waals surface area contributed by atoms with Gasteiger partial charge in [-0.1, -0.05) is 29.8 Å². The van der Waals surface area contributed by atoms with E-state index in [0.29, 0.717) is 42.8 Å². The Hall–Kier alpha value is -2.48. The molecule has 41 heavy (non-hydrogen) atoms. The highest BCUT2D eigenvalue weighted by atomic mass is 35.5. The van der Waals surface area contributed by atoms with Crippen molar-refractivity contribution in [2.75, 3.05) is 37.0 Å². The Labute approximate surface area is 249 Å². The number of rotatable bonds is 2. The monoisotopic (exact) mass is 596 g/mol. The summed E-state index contributed by atoms with van der Waals surface area (Å²) in [6, 6.07) is 11.9. The molecular weight excluding hydrogens is 556 g/mol. The third kappa shape index (κ3) is 5.91. The first-order valence-corrected chi connectivity index (χ1v) is 17.3. The number of ether oxygens (including phenoxy) is 2. The lowest BCUT2D eigenvalue weighted by Crippen LogP contribution is -2.49. The third-order valence-corrected chi connectivity index (χ3v) is 11.2. The number of anilines is 1. The first kappa shape index (κ1) is 28.6. The van der Waals surface area contributed by atoms with Crippen LogP contribution in [0, 0.1) is 11.8 Å². The summed E-state index contributed by atoms with van der Waals surface area (Å²) in [5, 5.41) is 0.772. The average Bonchev–Trinajstić information content (AvgIpc) is 3.07. The SMILES string of the molecule is C=S1(=O)CCC/C=C/[C@@H](OCC)[C@@H]2CC[C@H]2CN2C[C@@]3(CCCc4cc(Cl)ccc43)COc3ccc(cc32)C(=O)N1. The van der Waals surface area contributed by atoms with E-state index in [1.165, 1.54) is 11.1 Å². The first-order chi connectivity index (χ1) is 19.8. The quantitative estimate of drug-likeness (QED) is 0.342. The molecule has 2 aliphatic heterocycles. The van der Waals surface area contributed by atoms with Gasteiger partial charge < -0.3 is 14.4 Å². The normalized spacial score (nSPS) is 32.5. The summed E-state index contributed by atoms with van der Waals surface area (Å²) in [7, 11) is -2.76. The fourth-order valence-electron chi connectivity index (χ4n) is 7.25. The van der Waals surface area contributed by atoms with Crippen LogP contribution in [0.1, 0.15) is 66.9 Å². The lowest BCUT2D eigenvalue weighted by molar-refractivity contribution is -0.00861. The van der Waals surface area contributed by atoms with Gasteiger partial charge in [0.25, 0.3) is 5.91 Å². The molecule has 2 aromatic carbocycles. The third-order valence-electron chi connectivity index (χ3n) is 9.46. The molecule has 2 heterocycles. The molecule has 0 radical (unpaired) electrons. The summed E-state index contributed by atoms with van der Waals surface area (Å²) in [5.41, 5.74) is 3.85. The highest BCUT2D eigenvalue weighted by Gasteiger charge is 2.44. The molecule has 0 saturated heterocycles. The minimum atomic E-state index is -2.76. The number of aryl methyl sites for hydroxylation is 1. The van der Waals surface area contributed by atoms with E-state index in [1.54, 1.807) is 6.07 Å². The van der Waals surface area contributed by atoms with Crippen molar-refractivity contribution in [1.82, 2.24) is 4.72 Å². The molecule has 1 N–H and O–H groups in total. The molecule has 8 heteroatoms. The second-order valence-corrected chi connectivity index (χ2v) is 14.9. The molecule has 1 saturated carbocycles. The Bertz CT molecular complexity index is 1440. The first-order valence-electron chi connectivity index (χ1n) is 15.0. The summed E-state index contributed by atoms with van der Waals surface area (Å²) in [6.45, 7) is 4.96. The maximum Gasteiger partial charge on any atom is 0.262 e. The molecule has 1 unspecified atom stereocenters. The van der Waals surface area contributed by atoms with E-state index in [9.17, 15) is 9.00 Å². The van der Waals surface area contributed by atoms with Gasteiger partial charge in [-0.05, 0) is 111 Å². The van der Waals surface area contributed by atoms with Gasteiger partial charge in [-0.3, -0.25) is 9.52 Å². The minimum Gasteiger partial charge on any atom is -0.490 e. The number of fused-ring (bicyclic) bond motifs is 4. The lowest BCUT2D eigenvalue weighted by atomic mass is 9.68. The number of amides is 1. The van der Waals surface area contributed by atoms with Gasteiger partial charge in [0.1, 0.15) is 5.75 Å². The summed E-state index contributed by atoms with van der Waals surface area (Å²) in [5.74, 6) is 5.53. The standard InChI is InChI=1S/C33H41ClN2O4S/c1-3-39-30-9-5-4-6-17-41(2,38)35-32(37)24-11-15-31-29(19-24)36(20-25-10-13-27(25)30)21-33(22-40-31)16-7-8-23-18-26(34)12-14-28(23)33/h5,9,11-12,14-15,18-19,25,27,30H,2-4,6-8,10,13,16-17,20-22H2,1H3,(H,35,37,38)/b9-5+/t25-,27+,30+,33-,41?/m0/s1. The maximum absolute atomic E-state index is 13.3. The predicted molar refractivity (Wildman–Crippen MR) is 168 cm³/mol. The van der Waals surface area contributed by atoms with Crippen molar-refractivity contribution in [1.29, 1.82) is 0 Å². The second-order valence-electron chi connectivity index (χ2n) is 12.2. The van der Waals surface area contributed by atoms with Crippen LogP contribution in [-0.4, -0.2) is 54.1 Å². The van der Waals surface area contributed by atoms with E-state index in [2.05, 4.69) is 46.7 Å². The van der Waals surface area contributed by atoms with Crippen molar-refractivity contribution in [3.05, 3.63) is 70.3 Å². The lowest BCUT2D eigenvalue weighted by Gasteiger charge is -2.46. The fourth-order valence-corrected chi connectivity index (χ4v) is 8.64. The molecule has 5 atom stereocenters. The van der Waals surface area contributed by atoms with E-state index in [1.807, 2.05) is 18.2 Å². The summed E-state index contributed by atoms with van der Waals surface area (Å²) in [6.07, 6.45) is 11.3. The Morgan fingerprint density at radius 3 is 2.90 bits per heavy atom. The zero-order valence-corrected chi connectivity index (χ0v) is 25.5. The molecule has 1 fully saturated rings. The molecule has 2 aliphatic carbocycles. The molecule has 1 spiro atoms. The second kappa shape index (κ2) is 11.7. The predicted octanol–water partition coefficient (Wildman–Crippen LogP) is 5.96. The van der Waals surface area contributed by atoms with Crippen molar-refractivity contribution in [2.45, 2.75) is 63.4 Å². The molecule has 2 bridgehead atoms. The molecule has 0 aromatic heterocycles. The average molecular weight is 597 g/mol. The Balaban J connectivity index is 1.42. The Morgan fingerprint density at radius 2 is 2.10 bits per heavy atom. The van der Waals surface area contributed by atoms with Crippen LogP contribution < -0.4 is 14.4 Å². The Morgan fingerprint density at radius 1 is 1.22 bits per heavy atom. The largest absolute Gasteiger partial charge is 0.490 e. The van der Waals surface area contributed by atoms with Gasteiger partial charge in [0.2, 0.25) is 0 Å². The van der Waals surface area contributed by atoms with E-state index >= 15 is 0 Å². The van der Waals surface area contributed by atoms with Crippen LogP contribution in [0.5, 0.6) is 5.75 Å². The van der Waals surface area contributed by atoms with Crippen molar-refractivity contribution < 1.29 is 18.5 Å². The van der Waals surface area contributed by atoms with Gasteiger partial charge in [0.05, 0.1) is 18.4 Å². The molecular formula is C33H41ClN2O4S. The molecule has 1 amide bonds. The van der Waals surface area contributed by atoms with Gasteiger partial charge in [-0.25, -0.2) is 4.21 Å². The number of carbonyl (C=O) groups is 1. The maximum atomic E-state index is 13.3. The molecule has 6 nitrogen and oxygen atoms in total.